The van der Waals surface area contributed by atoms with E-state index in [1.54, 1.807) is 0 Å². The highest BCUT2D eigenvalue weighted by Crippen LogP contribution is 2.36. The van der Waals surface area contributed by atoms with Crippen molar-refractivity contribution in [1.82, 2.24) is 19.6 Å². The van der Waals surface area contributed by atoms with E-state index in [2.05, 4.69) is 19.4 Å². The van der Waals surface area contributed by atoms with E-state index >= 15 is 0 Å². The van der Waals surface area contributed by atoms with Gasteiger partial charge in [-0.25, -0.2) is 32.0 Å². The first-order chi connectivity index (χ1) is 20.6. The van der Waals surface area contributed by atoms with Crippen LogP contribution in [0.15, 0.2) is 34.8 Å². The molecule has 44 heavy (non-hydrogen) atoms. The molecule has 2 atom stereocenters. The number of carbonyl (C=O) groups excluding carboxylic acids is 2. The summed E-state index contributed by atoms with van der Waals surface area (Å²) in [6.07, 6.45) is -3.70. The number of fused-ring (bicyclic) bond motifs is 1. The summed E-state index contributed by atoms with van der Waals surface area (Å²) in [7, 11) is -3.30. The number of alkyl halides is 5. The minimum Gasteiger partial charge on any atom is -0.467 e. The lowest BCUT2D eigenvalue weighted by Crippen LogP contribution is -2.48. The van der Waals surface area contributed by atoms with Gasteiger partial charge in [-0.05, 0) is 35.6 Å². The van der Waals surface area contributed by atoms with Crippen LogP contribution in [-0.4, -0.2) is 86.3 Å². The molecule has 0 aliphatic carbocycles. The highest BCUT2D eigenvalue weighted by atomic mass is 32.2. The summed E-state index contributed by atoms with van der Waals surface area (Å²) in [5.41, 5.74) is 5.71. The number of anilines is 2. The van der Waals surface area contributed by atoms with Crippen LogP contribution in [0.1, 0.15) is 18.4 Å². The quantitative estimate of drug-likeness (QED) is 0.258. The average Bonchev–Trinajstić information content (AvgIpc) is 3.66. The van der Waals surface area contributed by atoms with Crippen molar-refractivity contribution in [3.8, 4) is 5.75 Å². The normalized spacial score (nSPS) is 19.5. The number of nitrogen functional groups attached to an aromatic ring is 1. The van der Waals surface area contributed by atoms with E-state index in [1.165, 1.54) is 23.2 Å². The molecule has 4 heterocycles. The van der Waals surface area contributed by atoms with Crippen LogP contribution in [0.3, 0.4) is 0 Å². The maximum Gasteiger partial charge on any atom is 0.573 e. The van der Waals surface area contributed by atoms with Crippen LogP contribution < -0.4 is 20.1 Å². The van der Waals surface area contributed by atoms with E-state index in [0.29, 0.717) is 16.7 Å². The number of benzene rings is 1. The Labute approximate surface area is 251 Å². The largest absolute Gasteiger partial charge is 0.573 e. The number of halogens is 5. The number of nitrogens with one attached hydrogen (secondary N) is 1. The van der Waals surface area contributed by atoms with Crippen LogP contribution in [-0.2, 0) is 30.8 Å². The van der Waals surface area contributed by atoms with Gasteiger partial charge in [0.05, 0.1) is 19.9 Å². The van der Waals surface area contributed by atoms with E-state index < -0.39 is 71.4 Å². The minimum absolute atomic E-state index is 0.00434. The number of sulfonamides is 1. The molecule has 1 amide bonds. The van der Waals surface area contributed by atoms with E-state index in [9.17, 15) is 40.0 Å². The molecule has 3 aromatic rings. The number of methoxy groups -OCH3 is 1. The van der Waals surface area contributed by atoms with Crippen molar-refractivity contribution in [2.75, 3.05) is 37.4 Å². The number of esters is 1. The molecule has 19 heteroatoms. The highest BCUT2D eigenvalue weighted by Gasteiger charge is 2.43. The lowest BCUT2D eigenvalue weighted by molar-refractivity contribution is -0.274. The summed E-state index contributed by atoms with van der Waals surface area (Å²) in [5.74, 6) is -5.42. The second-order valence-electron chi connectivity index (χ2n) is 10.2. The van der Waals surface area contributed by atoms with Crippen molar-refractivity contribution in [1.29, 1.82) is 0 Å². The lowest BCUT2D eigenvalue weighted by atomic mass is 10.00. The van der Waals surface area contributed by atoms with Crippen molar-refractivity contribution >= 4 is 55.0 Å². The van der Waals surface area contributed by atoms with E-state index in [1.807, 2.05) is 0 Å². The Morgan fingerprint density at radius 1 is 1.27 bits per heavy atom. The number of aromatic nitrogens is 2. The maximum atomic E-state index is 13.6. The molecule has 2 saturated heterocycles. The number of pyridine rings is 1. The first kappa shape index (κ1) is 31.6. The minimum atomic E-state index is -5.10. The van der Waals surface area contributed by atoms with Crippen molar-refractivity contribution in [3.05, 3.63) is 36.2 Å². The number of nitrogens with zero attached hydrogens (tertiary/aromatic N) is 4. The molecule has 1 aromatic carbocycles. The summed E-state index contributed by atoms with van der Waals surface area (Å²) in [4.78, 5) is 36.3. The van der Waals surface area contributed by atoms with Gasteiger partial charge in [-0.15, -0.1) is 13.2 Å². The van der Waals surface area contributed by atoms with Gasteiger partial charge >= 0.3 is 12.3 Å². The summed E-state index contributed by atoms with van der Waals surface area (Å²) in [5, 5.41) is 0.643. The van der Waals surface area contributed by atoms with Gasteiger partial charge in [0.15, 0.2) is 9.34 Å². The SMILES string of the molecule is COC(=O)C(Cc1cc2ccnc(N)c2cc1OC(F)(F)F)N1CCC(NS(=O)(=O)c2cnc(N3CCC(F)(F)C3)s2)C1=O. The molecule has 5 rings (SSSR count). The van der Waals surface area contributed by atoms with Gasteiger partial charge in [0.1, 0.15) is 23.7 Å². The van der Waals surface area contributed by atoms with Gasteiger partial charge in [0, 0.05) is 37.5 Å². The van der Waals surface area contributed by atoms with E-state index in [0.717, 1.165) is 24.3 Å². The Balaban J connectivity index is 1.37. The topological polar surface area (TPSA) is 157 Å². The van der Waals surface area contributed by atoms with Crippen LogP contribution in [0.5, 0.6) is 5.75 Å². The van der Waals surface area contributed by atoms with E-state index in [-0.39, 0.29) is 45.6 Å². The zero-order valence-corrected chi connectivity index (χ0v) is 24.4. The molecular formula is C25H25F5N6O6S2. The van der Waals surface area contributed by atoms with Crippen LogP contribution in [0.4, 0.5) is 32.9 Å². The fourth-order valence-corrected chi connectivity index (χ4v) is 7.48. The van der Waals surface area contributed by atoms with Gasteiger partial charge in [0.25, 0.3) is 15.9 Å². The Morgan fingerprint density at radius 3 is 2.68 bits per heavy atom. The van der Waals surface area contributed by atoms with Crippen LogP contribution >= 0.6 is 11.3 Å². The molecule has 2 aromatic heterocycles. The number of hydrogen-bond donors (Lipinski definition) is 2. The molecule has 0 spiro atoms. The maximum absolute atomic E-state index is 13.6. The molecule has 0 saturated carbocycles. The second kappa shape index (κ2) is 11.6. The molecule has 0 bridgehead atoms. The fourth-order valence-electron chi connectivity index (χ4n) is 5.10. The first-order valence-corrected chi connectivity index (χ1v) is 15.3. The first-order valence-electron chi connectivity index (χ1n) is 13.0. The fraction of sp³-hybridized carbons (Fsp3) is 0.440. The molecule has 3 N–H and O–H groups in total. The van der Waals surface area contributed by atoms with Gasteiger partial charge < -0.3 is 25.0 Å². The Kier molecular flexibility index (Phi) is 8.31. The Bertz CT molecular complexity index is 1700. The standard InChI is InChI=1S/C25H25F5N6O6S2/c1-41-22(38)17(9-14-8-13-2-5-32-20(31)15(13)10-18(14)42-25(28,29)30)36-6-3-16(21(36)37)34-44(39,40)19-11-33-23(43-19)35-7-4-24(26,27)12-35/h2,5,8,10-11,16-17,34H,3-4,6-7,9,12H2,1H3,(H2,31,32). The average molecular weight is 665 g/mol. The zero-order chi connectivity index (χ0) is 32.0. The third-order valence-electron chi connectivity index (χ3n) is 7.18. The third kappa shape index (κ3) is 6.63. The van der Waals surface area contributed by atoms with Crippen LogP contribution in [0.25, 0.3) is 10.8 Å². The van der Waals surface area contributed by atoms with Crippen LogP contribution in [0, 0.1) is 0 Å². The summed E-state index contributed by atoms with van der Waals surface area (Å²) >= 11 is 0.661. The van der Waals surface area contributed by atoms with Crippen LogP contribution in [0.2, 0.25) is 0 Å². The number of likely N-dealkylation sites (tertiary alicyclic amines) is 1. The second-order valence-corrected chi connectivity index (χ2v) is 13.1. The van der Waals surface area contributed by atoms with Gasteiger partial charge in [-0.3, -0.25) is 4.79 Å². The highest BCUT2D eigenvalue weighted by molar-refractivity contribution is 7.91. The summed E-state index contributed by atoms with van der Waals surface area (Å²) in [6, 6.07) is 1.07. The number of thiazole rings is 1. The monoisotopic (exact) mass is 664 g/mol. The van der Waals surface area contributed by atoms with Crippen molar-refractivity contribution in [2.24, 2.45) is 0 Å². The molecule has 2 unspecified atom stereocenters. The zero-order valence-electron chi connectivity index (χ0n) is 22.8. The summed E-state index contributed by atoms with van der Waals surface area (Å²) in [6.45, 7) is -0.742. The molecule has 2 aliphatic heterocycles. The molecule has 238 valence electrons. The third-order valence-corrected chi connectivity index (χ3v) is 10.2. The lowest BCUT2D eigenvalue weighted by Gasteiger charge is -2.27. The predicted octanol–water partition coefficient (Wildman–Crippen LogP) is 2.68. The molecule has 0 radical (unpaired) electrons. The number of nitrogens with two attached hydrogens (primary N) is 1. The van der Waals surface area contributed by atoms with E-state index in [4.69, 9.17) is 10.5 Å². The number of rotatable bonds is 9. The van der Waals surface area contributed by atoms with Gasteiger partial charge in [0.2, 0.25) is 5.91 Å². The molecule has 2 aliphatic rings. The Hall–Kier alpha value is -3.84. The molecule has 2 fully saturated rings. The smallest absolute Gasteiger partial charge is 0.467 e. The van der Waals surface area contributed by atoms with Crippen molar-refractivity contribution in [3.63, 3.8) is 0 Å². The number of ether oxygens (including phenoxy) is 2. The predicted molar refractivity (Wildman–Crippen MR) is 147 cm³/mol. The van der Waals surface area contributed by atoms with Crippen molar-refractivity contribution in [2.45, 2.75) is 47.8 Å². The van der Waals surface area contributed by atoms with Gasteiger partial charge in [-0.2, -0.15) is 4.72 Å². The molecular weight excluding hydrogens is 639 g/mol. The summed E-state index contributed by atoms with van der Waals surface area (Å²) < 4.78 is 104. The number of hydrogen-bond acceptors (Lipinski definition) is 11. The Morgan fingerprint density at radius 2 is 2.02 bits per heavy atom. The number of amides is 1. The number of carbonyl (C=O) groups is 2. The molecule has 12 nitrogen and oxygen atoms in total. The van der Waals surface area contributed by atoms with Gasteiger partial charge in [-0.1, -0.05) is 11.3 Å². The van der Waals surface area contributed by atoms with Crippen molar-refractivity contribution < 1.29 is 49.4 Å².